The third kappa shape index (κ3) is 5.28. The monoisotopic (exact) mass is 612 g/mol. The van der Waals surface area contributed by atoms with Gasteiger partial charge in [0.05, 0.1) is 21.8 Å². The van der Waals surface area contributed by atoms with Gasteiger partial charge in [0, 0.05) is 38.1 Å². The lowest BCUT2D eigenvalue weighted by Crippen LogP contribution is -2.64. The van der Waals surface area contributed by atoms with Gasteiger partial charge in [-0.1, -0.05) is 17.7 Å². The van der Waals surface area contributed by atoms with E-state index in [0.717, 1.165) is 11.8 Å². The second-order valence-electron chi connectivity index (χ2n) is 11.4. The van der Waals surface area contributed by atoms with Crippen molar-refractivity contribution in [1.82, 2.24) is 15.3 Å². The first-order valence-corrected chi connectivity index (χ1v) is 14.3. The van der Waals surface area contributed by atoms with Crippen LogP contribution in [0.4, 0.5) is 24.7 Å². The van der Waals surface area contributed by atoms with Gasteiger partial charge in [0.25, 0.3) is 12.3 Å². The second-order valence-corrected chi connectivity index (χ2v) is 11.8. The quantitative estimate of drug-likeness (QED) is 0.408. The van der Waals surface area contributed by atoms with Crippen molar-refractivity contribution in [2.45, 2.75) is 43.6 Å². The number of pyridine rings is 2. The maximum absolute atomic E-state index is 14.4. The maximum Gasteiger partial charge on any atom is 0.281 e. The topological polar surface area (TPSA) is 122 Å². The van der Waals surface area contributed by atoms with Crippen molar-refractivity contribution in [3.63, 3.8) is 0 Å². The van der Waals surface area contributed by atoms with Crippen molar-refractivity contribution in [3.8, 4) is 0 Å². The summed E-state index contributed by atoms with van der Waals surface area (Å²) in [6, 6.07) is 8.67. The van der Waals surface area contributed by atoms with Gasteiger partial charge in [0.2, 0.25) is 11.8 Å². The van der Waals surface area contributed by atoms with Gasteiger partial charge in [-0.25, -0.2) is 18.2 Å². The molecule has 1 aliphatic carbocycles. The third-order valence-electron chi connectivity index (χ3n) is 8.66. The molecule has 1 aromatic carbocycles. The van der Waals surface area contributed by atoms with Crippen LogP contribution in [0.2, 0.25) is 5.02 Å². The maximum atomic E-state index is 14.4. The standard InChI is InChI=1S/C30H28ClF3N6O3/c31-18-9-21(25(26(33)34)37-12-18)28(42)38-20-5-1-16(2-6-20)13-40-23-10-19(32)4-7-22(23)30(29(40)43)14-39(15-30)24-8-3-17(11-36-24)27(35)41/h3-4,7-12,16,20,26H,1-2,5-6,13-15H2,(H2,35,41)(H,38,42)/t16-,20-. The Morgan fingerprint density at radius 1 is 1.07 bits per heavy atom. The number of rotatable bonds is 7. The van der Waals surface area contributed by atoms with Crippen molar-refractivity contribution in [2.24, 2.45) is 11.7 Å². The molecule has 0 unspecified atom stereocenters. The van der Waals surface area contributed by atoms with Crippen LogP contribution in [0.3, 0.4) is 0 Å². The molecular weight excluding hydrogens is 585 g/mol. The van der Waals surface area contributed by atoms with E-state index in [4.69, 9.17) is 17.3 Å². The average Bonchev–Trinajstić information content (AvgIpc) is 3.19. The fraction of sp³-hybridized carbons (Fsp3) is 0.367. The second kappa shape index (κ2) is 11.1. The number of nitrogens with two attached hydrogens (primary N) is 1. The summed E-state index contributed by atoms with van der Waals surface area (Å²) in [5.41, 5.74) is 5.24. The van der Waals surface area contributed by atoms with Crippen molar-refractivity contribution in [2.75, 3.05) is 29.4 Å². The largest absolute Gasteiger partial charge is 0.366 e. The van der Waals surface area contributed by atoms with E-state index in [-0.39, 0.29) is 34.0 Å². The smallest absolute Gasteiger partial charge is 0.281 e. The average molecular weight is 613 g/mol. The van der Waals surface area contributed by atoms with Gasteiger partial charge in [-0.3, -0.25) is 19.4 Å². The minimum Gasteiger partial charge on any atom is -0.366 e. The molecule has 4 heterocycles. The molecule has 0 atom stereocenters. The Bertz CT molecular complexity index is 1590. The molecule has 3 amide bonds. The molecule has 0 bridgehead atoms. The van der Waals surface area contributed by atoms with Crippen LogP contribution in [-0.2, 0) is 10.2 Å². The lowest BCUT2D eigenvalue weighted by molar-refractivity contribution is -0.124. The van der Waals surface area contributed by atoms with Gasteiger partial charge < -0.3 is 20.9 Å². The van der Waals surface area contributed by atoms with Crippen LogP contribution in [-0.4, -0.2) is 53.4 Å². The number of amides is 3. The van der Waals surface area contributed by atoms with E-state index in [1.807, 2.05) is 4.90 Å². The highest BCUT2D eigenvalue weighted by atomic mass is 35.5. The van der Waals surface area contributed by atoms with Crippen molar-refractivity contribution in [3.05, 3.63) is 82.0 Å². The highest BCUT2D eigenvalue weighted by Crippen LogP contribution is 2.49. The first kappa shape index (κ1) is 28.9. The van der Waals surface area contributed by atoms with Gasteiger partial charge in [-0.2, -0.15) is 0 Å². The Balaban J connectivity index is 1.11. The molecule has 3 N–H and O–H groups in total. The highest BCUT2D eigenvalue weighted by Gasteiger charge is 2.58. The number of nitrogens with one attached hydrogen (secondary N) is 1. The molecule has 43 heavy (non-hydrogen) atoms. The van der Waals surface area contributed by atoms with Gasteiger partial charge in [-0.15, -0.1) is 0 Å². The van der Waals surface area contributed by atoms with Crippen LogP contribution < -0.4 is 20.9 Å². The van der Waals surface area contributed by atoms with Crippen LogP contribution in [0.5, 0.6) is 0 Å². The summed E-state index contributed by atoms with van der Waals surface area (Å²) < 4.78 is 41.1. The van der Waals surface area contributed by atoms with Crippen LogP contribution in [0.15, 0.2) is 48.8 Å². The van der Waals surface area contributed by atoms with Crippen molar-refractivity contribution >= 4 is 40.8 Å². The zero-order valence-corrected chi connectivity index (χ0v) is 23.7. The lowest BCUT2D eigenvalue weighted by Gasteiger charge is -2.47. The SMILES string of the molecule is NC(=O)c1ccc(N2CC3(C2)C(=O)N(C[C@H]2CC[C@H](NC(=O)c4cc(Cl)cnc4C(F)F)CC2)c2cc(F)ccc23)nc1. The Morgan fingerprint density at radius 3 is 2.47 bits per heavy atom. The Kier molecular flexibility index (Phi) is 7.49. The fourth-order valence-electron chi connectivity index (χ4n) is 6.41. The molecule has 1 saturated heterocycles. The Labute approximate surface area is 250 Å². The molecular formula is C30H28ClF3N6O3. The van der Waals surface area contributed by atoms with E-state index in [1.165, 1.54) is 24.4 Å². The number of benzene rings is 1. The number of nitrogens with zero attached hydrogens (tertiary/aromatic N) is 4. The van der Waals surface area contributed by atoms with Crippen molar-refractivity contribution in [1.29, 1.82) is 0 Å². The van der Waals surface area contributed by atoms with Crippen LogP contribution in [0.1, 0.15) is 64.1 Å². The highest BCUT2D eigenvalue weighted by molar-refractivity contribution is 6.30. The summed E-state index contributed by atoms with van der Waals surface area (Å²) in [7, 11) is 0. The molecule has 1 saturated carbocycles. The number of halogens is 4. The van der Waals surface area contributed by atoms with E-state index in [1.54, 1.807) is 23.1 Å². The van der Waals surface area contributed by atoms with E-state index in [9.17, 15) is 27.6 Å². The van der Waals surface area contributed by atoms with Crippen molar-refractivity contribution < 1.29 is 27.6 Å². The number of primary amides is 1. The zero-order valence-electron chi connectivity index (χ0n) is 22.9. The number of hydrogen-bond acceptors (Lipinski definition) is 6. The van der Waals surface area contributed by atoms with Gasteiger partial charge in [0.1, 0.15) is 22.7 Å². The summed E-state index contributed by atoms with van der Waals surface area (Å²) in [5.74, 6) is -1.04. The van der Waals surface area contributed by atoms with Crippen LogP contribution in [0, 0.1) is 11.7 Å². The number of anilines is 2. The van der Waals surface area contributed by atoms with Gasteiger partial charge in [-0.05, 0) is 67.5 Å². The summed E-state index contributed by atoms with van der Waals surface area (Å²) in [6.07, 6.45) is 2.13. The molecule has 2 aliphatic heterocycles. The van der Waals surface area contributed by atoms with Gasteiger partial charge >= 0.3 is 0 Å². The van der Waals surface area contributed by atoms with E-state index in [2.05, 4.69) is 15.3 Å². The minimum atomic E-state index is -2.91. The number of aromatic nitrogens is 2. The normalized spacial score (nSPS) is 20.7. The molecule has 3 aliphatic rings. The molecule has 2 fully saturated rings. The molecule has 0 radical (unpaired) electrons. The Morgan fingerprint density at radius 2 is 1.81 bits per heavy atom. The van der Waals surface area contributed by atoms with Crippen LogP contribution in [0.25, 0.3) is 0 Å². The number of carbonyl (C=O) groups excluding carboxylic acids is 3. The number of fused-ring (bicyclic) bond motifs is 2. The summed E-state index contributed by atoms with van der Waals surface area (Å²) in [5, 5.41) is 2.92. The molecule has 224 valence electrons. The molecule has 1 spiro atoms. The molecule has 13 heteroatoms. The number of hydrogen-bond donors (Lipinski definition) is 2. The first-order chi connectivity index (χ1) is 20.6. The zero-order chi connectivity index (χ0) is 30.5. The molecule has 2 aromatic heterocycles. The minimum absolute atomic E-state index is 0.0925. The van der Waals surface area contributed by atoms with E-state index < -0.39 is 35.2 Å². The Hall–Kier alpha value is -4.19. The molecule has 9 nitrogen and oxygen atoms in total. The predicted octanol–water partition coefficient (Wildman–Crippen LogP) is 4.40. The van der Waals surface area contributed by atoms with Gasteiger partial charge in [0.15, 0.2) is 0 Å². The number of carbonyl (C=O) groups is 3. The third-order valence-corrected chi connectivity index (χ3v) is 8.86. The molecule has 3 aromatic rings. The summed E-state index contributed by atoms with van der Waals surface area (Å²) >= 11 is 5.89. The summed E-state index contributed by atoms with van der Waals surface area (Å²) in [4.78, 5) is 49.6. The summed E-state index contributed by atoms with van der Waals surface area (Å²) in [6.45, 7) is 1.13. The first-order valence-electron chi connectivity index (χ1n) is 13.9. The van der Waals surface area contributed by atoms with Crippen LogP contribution >= 0.6 is 11.6 Å². The van der Waals surface area contributed by atoms with E-state index >= 15 is 0 Å². The number of alkyl halides is 2. The molecule has 6 rings (SSSR count). The predicted molar refractivity (Wildman–Crippen MR) is 153 cm³/mol. The van der Waals surface area contributed by atoms with E-state index in [0.29, 0.717) is 56.8 Å². The lowest BCUT2D eigenvalue weighted by atomic mass is 9.74. The fourth-order valence-corrected chi connectivity index (χ4v) is 6.56.